The molecule has 5 heteroatoms. The van der Waals surface area contributed by atoms with E-state index in [1.165, 1.54) is 12.5 Å². The van der Waals surface area contributed by atoms with Gasteiger partial charge in [-0.25, -0.2) is 4.39 Å². The molecule has 0 radical (unpaired) electrons. The van der Waals surface area contributed by atoms with Crippen molar-refractivity contribution in [3.63, 3.8) is 0 Å². The average molecular weight is 344 g/mol. The predicted octanol–water partition coefficient (Wildman–Crippen LogP) is 2.61. The minimum Gasteiger partial charge on any atom is -0.329 e. The summed E-state index contributed by atoms with van der Waals surface area (Å²) in [7, 11) is 4.23. The third kappa shape index (κ3) is 3.58. The number of hydrogen-bond acceptors (Lipinski definition) is 3. The topological polar surface area (TPSA) is 32.5 Å². The van der Waals surface area contributed by atoms with Crippen molar-refractivity contribution in [3.8, 4) is 0 Å². The van der Waals surface area contributed by atoms with Gasteiger partial charge in [0.1, 0.15) is 5.82 Å². The summed E-state index contributed by atoms with van der Waals surface area (Å²) < 4.78 is 14.5. The van der Waals surface area contributed by atoms with Crippen molar-refractivity contribution >= 4 is 15.9 Å². The van der Waals surface area contributed by atoms with Crippen molar-refractivity contribution in [2.24, 2.45) is 5.73 Å². The van der Waals surface area contributed by atoms with Crippen LogP contribution in [0.3, 0.4) is 0 Å². The van der Waals surface area contributed by atoms with E-state index >= 15 is 0 Å². The van der Waals surface area contributed by atoms with Gasteiger partial charge in [0, 0.05) is 29.6 Å². The lowest BCUT2D eigenvalue weighted by molar-refractivity contribution is 0.0980. The van der Waals surface area contributed by atoms with Gasteiger partial charge in [0.15, 0.2) is 0 Å². The highest BCUT2D eigenvalue weighted by Gasteiger charge is 2.28. The third-order valence-corrected chi connectivity index (χ3v) is 4.86. The molecule has 1 heterocycles. The molecule has 0 aromatic heterocycles. The number of nitrogens with zero attached hydrogens (tertiary/aromatic N) is 2. The Kier molecular flexibility index (Phi) is 5.55. The van der Waals surface area contributed by atoms with Crippen molar-refractivity contribution in [2.45, 2.75) is 24.9 Å². The van der Waals surface area contributed by atoms with E-state index in [1.54, 1.807) is 12.1 Å². The molecule has 1 fully saturated rings. The number of benzene rings is 1. The first-order valence-electron chi connectivity index (χ1n) is 7.08. The molecule has 0 spiro atoms. The summed E-state index contributed by atoms with van der Waals surface area (Å²) in [6.45, 7) is 2.51. The Balaban J connectivity index is 2.21. The van der Waals surface area contributed by atoms with E-state index in [1.807, 2.05) is 0 Å². The molecule has 0 saturated carbocycles. The first-order chi connectivity index (χ1) is 9.52. The van der Waals surface area contributed by atoms with E-state index in [0.717, 1.165) is 29.5 Å². The Hall–Kier alpha value is -0.490. The van der Waals surface area contributed by atoms with Gasteiger partial charge in [-0.1, -0.05) is 15.9 Å². The zero-order valence-electron chi connectivity index (χ0n) is 12.1. The van der Waals surface area contributed by atoms with Crippen LogP contribution in [0, 0.1) is 5.82 Å². The Morgan fingerprint density at radius 1 is 1.50 bits per heavy atom. The molecule has 20 heavy (non-hydrogen) atoms. The van der Waals surface area contributed by atoms with E-state index in [4.69, 9.17) is 5.73 Å². The summed E-state index contributed by atoms with van der Waals surface area (Å²) in [4.78, 5) is 4.65. The number of likely N-dealkylation sites (tertiary alicyclic amines) is 1. The number of nitrogens with two attached hydrogens (primary N) is 1. The van der Waals surface area contributed by atoms with Gasteiger partial charge in [0.2, 0.25) is 0 Å². The van der Waals surface area contributed by atoms with Crippen molar-refractivity contribution in [1.82, 2.24) is 9.80 Å². The van der Waals surface area contributed by atoms with Gasteiger partial charge in [0.05, 0.1) is 0 Å². The van der Waals surface area contributed by atoms with E-state index in [-0.39, 0.29) is 11.9 Å². The summed E-state index contributed by atoms with van der Waals surface area (Å²) in [6, 6.07) is 5.45. The predicted molar refractivity (Wildman–Crippen MR) is 84.2 cm³/mol. The highest BCUT2D eigenvalue weighted by molar-refractivity contribution is 9.10. The molecule has 1 aliphatic rings. The smallest absolute Gasteiger partial charge is 0.123 e. The SMILES string of the molecule is CN(C)C1CCCN(C(CN)c2cc(F)ccc2Br)C1. The standard InChI is InChI=1S/C15H23BrFN3/c1-19(2)12-4-3-7-20(10-12)15(9-18)13-8-11(17)5-6-14(13)16/h5-6,8,12,15H,3-4,7,9-10,18H2,1-2H3. The lowest BCUT2D eigenvalue weighted by Crippen LogP contribution is -2.47. The van der Waals surface area contributed by atoms with Crippen molar-refractivity contribution in [2.75, 3.05) is 33.7 Å². The highest BCUT2D eigenvalue weighted by atomic mass is 79.9. The number of rotatable bonds is 4. The van der Waals surface area contributed by atoms with Crippen LogP contribution < -0.4 is 5.73 Å². The summed E-state index contributed by atoms with van der Waals surface area (Å²) in [6.07, 6.45) is 2.37. The molecule has 2 N–H and O–H groups in total. The van der Waals surface area contributed by atoms with Crippen LogP contribution in [0.2, 0.25) is 0 Å². The lowest BCUT2D eigenvalue weighted by atomic mass is 9.99. The Bertz CT molecular complexity index is 453. The van der Waals surface area contributed by atoms with Crippen LogP contribution >= 0.6 is 15.9 Å². The van der Waals surface area contributed by atoms with Crippen LogP contribution in [0.4, 0.5) is 4.39 Å². The summed E-state index contributed by atoms with van der Waals surface area (Å²) >= 11 is 3.52. The minimum absolute atomic E-state index is 0.0721. The molecule has 1 aromatic carbocycles. The number of halogens is 2. The Labute approximate surface area is 129 Å². The first-order valence-corrected chi connectivity index (χ1v) is 7.87. The molecule has 2 atom stereocenters. The largest absolute Gasteiger partial charge is 0.329 e. The van der Waals surface area contributed by atoms with Gasteiger partial charge < -0.3 is 10.6 Å². The van der Waals surface area contributed by atoms with Crippen LogP contribution in [-0.2, 0) is 0 Å². The van der Waals surface area contributed by atoms with Gasteiger partial charge in [-0.2, -0.15) is 0 Å². The monoisotopic (exact) mass is 343 g/mol. The van der Waals surface area contributed by atoms with Crippen molar-refractivity contribution in [1.29, 1.82) is 0 Å². The Morgan fingerprint density at radius 2 is 2.25 bits per heavy atom. The van der Waals surface area contributed by atoms with Crippen molar-refractivity contribution in [3.05, 3.63) is 34.1 Å². The fourth-order valence-corrected chi connectivity index (χ4v) is 3.44. The average Bonchev–Trinajstić information content (AvgIpc) is 2.44. The fourth-order valence-electron chi connectivity index (χ4n) is 2.93. The van der Waals surface area contributed by atoms with Crippen molar-refractivity contribution < 1.29 is 4.39 Å². The normalized spacial score (nSPS) is 22.2. The molecular formula is C15H23BrFN3. The zero-order valence-corrected chi connectivity index (χ0v) is 13.7. The third-order valence-electron chi connectivity index (χ3n) is 4.14. The van der Waals surface area contributed by atoms with E-state index < -0.39 is 0 Å². The molecule has 0 bridgehead atoms. The molecule has 1 aliphatic heterocycles. The first kappa shape index (κ1) is 15.9. The fraction of sp³-hybridized carbons (Fsp3) is 0.600. The van der Waals surface area contributed by atoms with Gasteiger partial charge in [-0.3, -0.25) is 4.90 Å². The highest BCUT2D eigenvalue weighted by Crippen LogP contribution is 2.30. The molecule has 2 rings (SSSR count). The molecule has 0 aliphatic carbocycles. The Morgan fingerprint density at radius 3 is 2.90 bits per heavy atom. The maximum absolute atomic E-state index is 13.5. The number of piperidine rings is 1. The molecule has 3 nitrogen and oxygen atoms in total. The molecule has 112 valence electrons. The van der Waals surface area contributed by atoms with Gasteiger partial charge in [0.25, 0.3) is 0 Å². The molecule has 2 unspecified atom stereocenters. The maximum atomic E-state index is 13.5. The van der Waals surface area contributed by atoms with Gasteiger partial charge >= 0.3 is 0 Å². The van der Waals surface area contributed by atoms with Gasteiger partial charge in [-0.05, 0) is 57.2 Å². The molecule has 0 amide bonds. The molecule has 1 saturated heterocycles. The van der Waals surface area contributed by atoms with Crippen LogP contribution in [0.25, 0.3) is 0 Å². The van der Waals surface area contributed by atoms with E-state index in [9.17, 15) is 4.39 Å². The van der Waals surface area contributed by atoms with Gasteiger partial charge in [-0.15, -0.1) is 0 Å². The van der Waals surface area contributed by atoms with Crippen LogP contribution in [0.1, 0.15) is 24.4 Å². The summed E-state index contributed by atoms with van der Waals surface area (Å²) in [5, 5.41) is 0. The number of hydrogen-bond donors (Lipinski definition) is 1. The second-order valence-corrected chi connectivity index (χ2v) is 6.53. The second-order valence-electron chi connectivity index (χ2n) is 5.67. The zero-order chi connectivity index (χ0) is 14.7. The summed E-state index contributed by atoms with van der Waals surface area (Å²) in [5.74, 6) is -0.206. The lowest BCUT2D eigenvalue weighted by Gasteiger charge is -2.40. The molecule has 1 aromatic rings. The van der Waals surface area contributed by atoms with Crippen LogP contribution in [0.15, 0.2) is 22.7 Å². The van der Waals surface area contributed by atoms with Crippen LogP contribution in [-0.4, -0.2) is 49.6 Å². The minimum atomic E-state index is -0.206. The molecular weight excluding hydrogens is 321 g/mol. The maximum Gasteiger partial charge on any atom is 0.123 e. The quantitative estimate of drug-likeness (QED) is 0.911. The summed E-state index contributed by atoms with van der Waals surface area (Å²) in [5.41, 5.74) is 6.93. The second kappa shape index (κ2) is 6.98. The van der Waals surface area contributed by atoms with E-state index in [0.29, 0.717) is 12.6 Å². The van der Waals surface area contributed by atoms with E-state index in [2.05, 4.69) is 39.8 Å². The van der Waals surface area contributed by atoms with Crippen LogP contribution in [0.5, 0.6) is 0 Å². The number of likely N-dealkylation sites (N-methyl/N-ethyl adjacent to an activating group) is 1.